The van der Waals surface area contributed by atoms with Crippen LogP contribution in [0.3, 0.4) is 0 Å². The van der Waals surface area contributed by atoms with Crippen molar-refractivity contribution in [1.29, 1.82) is 0 Å². The lowest BCUT2D eigenvalue weighted by Gasteiger charge is -2.28. The summed E-state index contributed by atoms with van der Waals surface area (Å²) in [7, 11) is 0. The van der Waals surface area contributed by atoms with Crippen molar-refractivity contribution >= 4 is 5.69 Å². The van der Waals surface area contributed by atoms with Crippen LogP contribution in [0.4, 0.5) is 5.69 Å². The summed E-state index contributed by atoms with van der Waals surface area (Å²) in [6, 6.07) is 19.8. The largest absolute Gasteiger partial charge is 0.367 e. The highest BCUT2D eigenvalue weighted by atomic mass is 15.1. The van der Waals surface area contributed by atoms with Gasteiger partial charge in [-0.3, -0.25) is 0 Å². The van der Waals surface area contributed by atoms with Gasteiger partial charge in [-0.25, -0.2) is 0 Å². The number of nitrogens with one attached hydrogen (secondary N) is 1. The quantitative estimate of drug-likeness (QED) is 0.810. The van der Waals surface area contributed by atoms with E-state index in [0.717, 1.165) is 19.6 Å². The van der Waals surface area contributed by atoms with E-state index >= 15 is 0 Å². The summed E-state index contributed by atoms with van der Waals surface area (Å²) in [5.41, 5.74) is 4.06. The molecule has 0 bridgehead atoms. The zero-order valence-corrected chi connectivity index (χ0v) is 13.3. The fourth-order valence-corrected chi connectivity index (χ4v) is 2.73. The third kappa shape index (κ3) is 4.08. The molecule has 0 fully saturated rings. The first-order valence-corrected chi connectivity index (χ1v) is 7.87. The summed E-state index contributed by atoms with van der Waals surface area (Å²) in [4.78, 5) is 2.44. The zero-order chi connectivity index (χ0) is 15.1. The molecule has 0 heterocycles. The molecule has 21 heavy (non-hydrogen) atoms. The molecule has 2 nitrogen and oxygen atoms in total. The second-order valence-corrected chi connectivity index (χ2v) is 5.34. The van der Waals surface area contributed by atoms with Gasteiger partial charge >= 0.3 is 0 Å². The van der Waals surface area contributed by atoms with Crippen LogP contribution in [-0.2, 0) is 6.54 Å². The van der Waals surface area contributed by atoms with Crippen LogP contribution in [0.1, 0.15) is 37.9 Å². The predicted molar refractivity (Wildman–Crippen MR) is 91.7 cm³/mol. The first kappa shape index (κ1) is 15.6. The van der Waals surface area contributed by atoms with Gasteiger partial charge in [0, 0.05) is 24.8 Å². The van der Waals surface area contributed by atoms with Crippen molar-refractivity contribution in [2.24, 2.45) is 0 Å². The maximum Gasteiger partial charge on any atom is 0.0429 e. The average molecular weight is 282 g/mol. The lowest BCUT2D eigenvalue weighted by molar-refractivity contribution is 0.595. The number of benzene rings is 2. The monoisotopic (exact) mass is 282 g/mol. The second kappa shape index (κ2) is 7.84. The van der Waals surface area contributed by atoms with Gasteiger partial charge in [0.15, 0.2) is 0 Å². The molecule has 0 saturated carbocycles. The number of hydrogen-bond donors (Lipinski definition) is 1. The van der Waals surface area contributed by atoms with Crippen molar-refractivity contribution in [3.8, 4) is 0 Å². The Morgan fingerprint density at radius 3 is 2.29 bits per heavy atom. The molecule has 2 heteroatoms. The summed E-state index contributed by atoms with van der Waals surface area (Å²) in [5.74, 6) is 0. The summed E-state index contributed by atoms with van der Waals surface area (Å²) >= 11 is 0. The molecule has 0 radical (unpaired) electrons. The summed E-state index contributed by atoms with van der Waals surface area (Å²) in [6.45, 7) is 9.55. The van der Waals surface area contributed by atoms with Gasteiger partial charge in [0.2, 0.25) is 0 Å². The van der Waals surface area contributed by atoms with Crippen LogP contribution in [0, 0.1) is 0 Å². The minimum atomic E-state index is 0.371. The third-order valence-electron chi connectivity index (χ3n) is 3.85. The maximum atomic E-state index is 3.52. The van der Waals surface area contributed by atoms with Crippen LogP contribution in [0.15, 0.2) is 54.6 Å². The lowest BCUT2D eigenvalue weighted by Crippen LogP contribution is -2.26. The molecule has 2 aromatic rings. The molecule has 2 aromatic carbocycles. The fourth-order valence-electron chi connectivity index (χ4n) is 2.73. The topological polar surface area (TPSA) is 15.3 Å². The Bertz CT molecular complexity index is 536. The Balaban J connectivity index is 2.25. The molecule has 0 saturated heterocycles. The first-order chi connectivity index (χ1) is 10.3. The molecule has 0 aliphatic heterocycles. The van der Waals surface area contributed by atoms with E-state index in [0.29, 0.717) is 6.04 Å². The third-order valence-corrected chi connectivity index (χ3v) is 3.85. The van der Waals surface area contributed by atoms with E-state index in [4.69, 9.17) is 0 Å². The van der Waals surface area contributed by atoms with Gasteiger partial charge in [0.05, 0.1) is 0 Å². The highest BCUT2D eigenvalue weighted by molar-refractivity contribution is 5.55. The van der Waals surface area contributed by atoms with Crippen molar-refractivity contribution in [2.75, 3.05) is 18.0 Å². The van der Waals surface area contributed by atoms with Crippen LogP contribution in [0.2, 0.25) is 0 Å². The lowest BCUT2D eigenvalue weighted by atomic mass is 10.0. The zero-order valence-electron chi connectivity index (χ0n) is 13.3. The molecule has 0 amide bonds. The normalized spacial score (nSPS) is 12.1. The molecule has 112 valence electrons. The van der Waals surface area contributed by atoms with E-state index in [1.807, 2.05) is 0 Å². The molecule has 2 rings (SSSR count). The van der Waals surface area contributed by atoms with Crippen LogP contribution in [0.5, 0.6) is 0 Å². The Kier molecular flexibility index (Phi) is 5.82. The number of rotatable bonds is 7. The van der Waals surface area contributed by atoms with Crippen molar-refractivity contribution in [2.45, 2.75) is 33.4 Å². The van der Waals surface area contributed by atoms with Gasteiger partial charge in [-0.2, -0.15) is 0 Å². The number of nitrogens with zero attached hydrogens (tertiary/aromatic N) is 1. The van der Waals surface area contributed by atoms with Gasteiger partial charge in [0.25, 0.3) is 0 Å². The van der Waals surface area contributed by atoms with E-state index in [1.165, 1.54) is 16.8 Å². The number of hydrogen-bond acceptors (Lipinski definition) is 2. The SMILES string of the molecule is CCNC(C)c1ccccc1N(CC)Cc1ccccc1. The van der Waals surface area contributed by atoms with Gasteiger partial charge in [0.1, 0.15) is 0 Å². The van der Waals surface area contributed by atoms with Crippen LogP contribution < -0.4 is 10.2 Å². The smallest absolute Gasteiger partial charge is 0.0429 e. The summed E-state index contributed by atoms with van der Waals surface area (Å²) < 4.78 is 0. The molecule has 0 aliphatic rings. The van der Waals surface area contributed by atoms with E-state index in [-0.39, 0.29) is 0 Å². The molecule has 0 aliphatic carbocycles. The van der Waals surface area contributed by atoms with Crippen LogP contribution in [0.25, 0.3) is 0 Å². The summed E-state index contributed by atoms with van der Waals surface area (Å²) in [6.07, 6.45) is 0. The van der Waals surface area contributed by atoms with E-state index in [1.54, 1.807) is 0 Å². The fraction of sp³-hybridized carbons (Fsp3) is 0.368. The van der Waals surface area contributed by atoms with Crippen molar-refractivity contribution < 1.29 is 0 Å². The number of anilines is 1. The Morgan fingerprint density at radius 2 is 1.62 bits per heavy atom. The Labute approximate surface area is 128 Å². The second-order valence-electron chi connectivity index (χ2n) is 5.34. The predicted octanol–water partition coefficient (Wildman–Crippen LogP) is 4.38. The highest BCUT2D eigenvalue weighted by Gasteiger charge is 2.14. The molecule has 1 unspecified atom stereocenters. The molecular weight excluding hydrogens is 256 g/mol. The van der Waals surface area contributed by atoms with E-state index in [2.05, 4.69) is 85.6 Å². The Morgan fingerprint density at radius 1 is 0.952 bits per heavy atom. The Hall–Kier alpha value is -1.80. The van der Waals surface area contributed by atoms with E-state index in [9.17, 15) is 0 Å². The van der Waals surface area contributed by atoms with Gasteiger partial charge in [-0.1, -0.05) is 55.5 Å². The van der Waals surface area contributed by atoms with Gasteiger partial charge in [-0.05, 0) is 37.6 Å². The van der Waals surface area contributed by atoms with Crippen molar-refractivity contribution in [3.63, 3.8) is 0 Å². The average Bonchev–Trinajstić information content (AvgIpc) is 2.54. The molecular formula is C19H26N2. The minimum Gasteiger partial charge on any atom is -0.367 e. The van der Waals surface area contributed by atoms with Crippen molar-refractivity contribution in [3.05, 3.63) is 65.7 Å². The van der Waals surface area contributed by atoms with Gasteiger partial charge in [-0.15, -0.1) is 0 Å². The summed E-state index contributed by atoms with van der Waals surface area (Å²) in [5, 5.41) is 3.52. The van der Waals surface area contributed by atoms with Crippen molar-refractivity contribution in [1.82, 2.24) is 5.32 Å². The minimum absolute atomic E-state index is 0.371. The molecule has 1 atom stereocenters. The molecule has 1 N–H and O–H groups in total. The number of para-hydroxylation sites is 1. The van der Waals surface area contributed by atoms with Crippen LogP contribution in [-0.4, -0.2) is 13.1 Å². The van der Waals surface area contributed by atoms with Gasteiger partial charge < -0.3 is 10.2 Å². The first-order valence-electron chi connectivity index (χ1n) is 7.87. The van der Waals surface area contributed by atoms with Crippen LogP contribution >= 0.6 is 0 Å². The standard InChI is InChI=1S/C19H26N2/c1-4-20-16(3)18-13-9-10-14-19(18)21(5-2)15-17-11-7-6-8-12-17/h6-14,16,20H,4-5,15H2,1-3H3. The van der Waals surface area contributed by atoms with E-state index < -0.39 is 0 Å². The molecule has 0 spiro atoms. The maximum absolute atomic E-state index is 3.52. The molecule has 0 aromatic heterocycles. The highest BCUT2D eigenvalue weighted by Crippen LogP contribution is 2.27.